The third kappa shape index (κ3) is 2.98. The lowest BCUT2D eigenvalue weighted by Gasteiger charge is -2.06. The van der Waals surface area contributed by atoms with Gasteiger partial charge in [0.05, 0.1) is 24.4 Å². The van der Waals surface area contributed by atoms with Gasteiger partial charge in [0.15, 0.2) is 5.65 Å². The van der Waals surface area contributed by atoms with E-state index in [-0.39, 0.29) is 18.9 Å². The Bertz CT molecular complexity index is 829. The Kier molecular flexibility index (Phi) is 4.18. The van der Waals surface area contributed by atoms with Crippen molar-refractivity contribution < 1.29 is 9.53 Å². The number of aromatic nitrogens is 4. The molecule has 2 aromatic heterocycles. The molecule has 0 bridgehead atoms. The maximum Gasteiger partial charge on any atom is 0.228 e. The molecule has 0 atom stereocenters. The maximum absolute atomic E-state index is 11.3. The zero-order chi connectivity index (χ0) is 16.2. The van der Waals surface area contributed by atoms with Gasteiger partial charge in [-0.25, -0.2) is 14.6 Å². The first-order valence-electron chi connectivity index (χ1n) is 7.30. The fourth-order valence-corrected chi connectivity index (χ4v) is 2.31. The zero-order valence-corrected chi connectivity index (χ0v) is 13.0. The van der Waals surface area contributed by atoms with Gasteiger partial charge in [0, 0.05) is 7.05 Å². The summed E-state index contributed by atoms with van der Waals surface area (Å²) in [6.45, 7) is 2.14. The molecule has 0 aliphatic heterocycles. The second-order valence-electron chi connectivity index (χ2n) is 4.98. The Morgan fingerprint density at radius 1 is 1.26 bits per heavy atom. The summed E-state index contributed by atoms with van der Waals surface area (Å²) < 4.78 is 7.42. The third-order valence-electron chi connectivity index (χ3n) is 3.45. The van der Waals surface area contributed by atoms with E-state index in [0.29, 0.717) is 11.5 Å². The zero-order valence-electron chi connectivity index (χ0n) is 13.0. The topological polar surface area (TPSA) is 81.9 Å². The molecule has 2 heterocycles. The summed E-state index contributed by atoms with van der Waals surface area (Å²) in [5, 5.41) is 7.85. The number of nitrogens with one attached hydrogen (secondary N) is 1. The van der Waals surface area contributed by atoms with E-state index in [0.717, 1.165) is 16.8 Å². The van der Waals surface area contributed by atoms with Gasteiger partial charge in [-0.1, -0.05) is 18.2 Å². The van der Waals surface area contributed by atoms with Crippen LogP contribution in [-0.4, -0.2) is 39.3 Å². The molecule has 7 heteroatoms. The van der Waals surface area contributed by atoms with Crippen LogP contribution in [0.3, 0.4) is 0 Å². The van der Waals surface area contributed by atoms with Crippen molar-refractivity contribution in [1.82, 2.24) is 25.1 Å². The molecular formula is C16H17N5O2. The Morgan fingerprint density at radius 3 is 2.78 bits per heavy atom. The van der Waals surface area contributed by atoms with Crippen LogP contribution in [0.1, 0.15) is 12.1 Å². The van der Waals surface area contributed by atoms with E-state index in [2.05, 4.69) is 20.4 Å². The van der Waals surface area contributed by atoms with Crippen molar-refractivity contribution >= 4 is 16.9 Å². The first kappa shape index (κ1) is 15.0. The van der Waals surface area contributed by atoms with Crippen LogP contribution >= 0.6 is 0 Å². The maximum atomic E-state index is 11.3. The molecular weight excluding hydrogens is 294 g/mol. The van der Waals surface area contributed by atoms with Crippen molar-refractivity contribution in [3.63, 3.8) is 0 Å². The summed E-state index contributed by atoms with van der Waals surface area (Å²) in [5.41, 5.74) is 2.37. The van der Waals surface area contributed by atoms with Gasteiger partial charge in [0.25, 0.3) is 0 Å². The van der Waals surface area contributed by atoms with E-state index in [9.17, 15) is 4.79 Å². The van der Waals surface area contributed by atoms with Crippen LogP contribution in [-0.2, 0) is 4.79 Å². The van der Waals surface area contributed by atoms with E-state index < -0.39 is 0 Å². The van der Waals surface area contributed by atoms with Crippen LogP contribution in [0.2, 0.25) is 0 Å². The summed E-state index contributed by atoms with van der Waals surface area (Å²) >= 11 is 0. The second-order valence-corrected chi connectivity index (χ2v) is 4.98. The number of para-hydroxylation sites is 1. The number of nitrogens with zero attached hydrogens (tertiary/aromatic N) is 4. The number of rotatable bonds is 5. The van der Waals surface area contributed by atoms with Crippen molar-refractivity contribution in [3.05, 3.63) is 42.4 Å². The summed E-state index contributed by atoms with van der Waals surface area (Å²) in [4.78, 5) is 19.8. The molecule has 118 valence electrons. The smallest absolute Gasteiger partial charge is 0.228 e. The molecule has 0 unspecified atom stereocenters. The van der Waals surface area contributed by atoms with Gasteiger partial charge in [-0.05, 0) is 19.1 Å². The first-order valence-corrected chi connectivity index (χ1v) is 7.30. The lowest BCUT2D eigenvalue weighted by Crippen LogP contribution is -2.20. The fourth-order valence-electron chi connectivity index (χ4n) is 2.31. The largest absolute Gasteiger partial charge is 0.477 e. The van der Waals surface area contributed by atoms with Crippen molar-refractivity contribution in [2.45, 2.75) is 13.3 Å². The molecule has 0 saturated heterocycles. The molecule has 7 nitrogen and oxygen atoms in total. The monoisotopic (exact) mass is 311 g/mol. The fraction of sp³-hybridized carbons (Fsp3) is 0.250. The van der Waals surface area contributed by atoms with Crippen LogP contribution in [0.15, 0.2) is 36.7 Å². The number of carbonyl (C=O) groups is 1. The molecule has 0 radical (unpaired) electrons. The van der Waals surface area contributed by atoms with E-state index in [1.165, 1.54) is 6.33 Å². The van der Waals surface area contributed by atoms with Gasteiger partial charge in [-0.3, -0.25) is 4.79 Å². The van der Waals surface area contributed by atoms with E-state index in [4.69, 9.17) is 4.74 Å². The van der Waals surface area contributed by atoms with Crippen LogP contribution in [0.25, 0.3) is 16.7 Å². The van der Waals surface area contributed by atoms with Gasteiger partial charge in [0.1, 0.15) is 11.7 Å². The Balaban J connectivity index is 1.95. The molecule has 0 fully saturated rings. The molecule has 1 aromatic carbocycles. The number of ether oxygens (including phenoxy) is 1. The van der Waals surface area contributed by atoms with E-state index in [1.54, 1.807) is 11.7 Å². The SMILES string of the molecule is CNC(=O)CCOc1ncnc2c1c(C)nn2-c1ccccc1. The Hall–Kier alpha value is -2.96. The molecule has 1 N–H and O–H groups in total. The molecule has 23 heavy (non-hydrogen) atoms. The average Bonchev–Trinajstić information content (AvgIpc) is 2.93. The molecule has 0 spiro atoms. The Labute approximate surface area is 133 Å². The van der Waals surface area contributed by atoms with Crippen LogP contribution in [0, 0.1) is 6.92 Å². The predicted molar refractivity (Wildman–Crippen MR) is 85.6 cm³/mol. The number of hydrogen-bond acceptors (Lipinski definition) is 5. The first-order chi connectivity index (χ1) is 11.2. The number of benzene rings is 1. The molecule has 1 amide bonds. The van der Waals surface area contributed by atoms with E-state index >= 15 is 0 Å². The molecule has 0 saturated carbocycles. The lowest BCUT2D eigenvalue weighted by molar-refractivity contribution is -0.121. The normalized spacial score (nSPS) is 10.7. The van der Waals surface area contributed by atoms with Gasteiger partial charge in [0.2, 0.25) is 11.8 Å². The number of hydrogen-bond donors (Lipinski definition) is 1. The highest BCUT2D eigenvalue weighted by molar-refractivity contribution is 5.84. The molecule has 3 aromatic rings. The number of fused-ring (bicyclic) bond motifs is 1. The summed E-state index contributed by atoms with van der Waals surface area (Å²) in [6, 6.07) is 9.75. The van der Waals surface area contributed by atoms with E-state index in [1.807, 2.05) is 37.3 Å². The minimum Gasteiger partial charge on any atom is -0.477 e. The summed E-state index contributed by atoms with van der Waals surface area (Å²) in [7, 11) is 1.60. The highest BCUT2D eigenvalue weighted by Crippen LogP contribution is 2.26. The van der Waals surface area contributed by atoms with Crippen molar-refractivity contribution in [2.24, 2.45) is 0 Å². The molecule has 0 aliphatic carbocycles. The van der Waals surface area contributed by atoms with Crippen molar-refractivity contribution in [3.8, 4) is 11.6 Å². The van der Waals surface area contributed by atoms with Gasteiger partial charge in [-0.15, -0.1) is 0 Å². The molecule has 3 rings (SSSR count). The van der Waals surface area contributed by atoms with Crippen molar-refractivity contribution in [2.75, 3.05) is 13.7 Å². The predicted octanol–water partition coefficient (Wildman–Crippen LogP) is 1.64. The average molecular weight is 311 g/mol. The number of carbonyl (C=O) groups excluding carboxylic acids is 1. The lowest BCUT2D eigenvalue weighted by atomic mass is 10.3. The van der Waals surface area contributed by atoms with Gasteiger partial charge < -0.3 is 10.1 Å². The van der Waals surface area contributed by atoms with Crippen molar-refractivity contribution in [1.29, 1.82) is 0 Å². The Morgan fingerprint density at radius 2 is 2.04 bits per heavy atom. The minimum absolute atomic E-state index is 0.0768. The quantitative estimate of drug-likeness (QED) is 0.774. The number of aryl methyl sites for hydroxylation is 1. The highest BCUT2D eigenvalue weighted by atomic mass is 16.5. The minimum atomic E-state index is -0.0768. The summed E-state index contributed by atoms with van der Waals surface area (Å²) in [5.74, 6) is 0.366. The summed E-state index contributed by atoms with van der Waals surface area (Å²) in [6.07, 6.45) is 1.71. The second kappa shape index (κ2) is 6.43. The van der Waals surface area contributed by atoms with Crippen LogP contribution < -0.4 is 10.1 Å². The van der Waals surface area contributed by atoms with Gasteiger partial charge in [-0.2, -0.15) is 5.10 Å². The molecule has 0 aliphatic rings. The third-order valence-corrected chi connectivity index (χ3v) is 3.45. The van der Waals surface area contributed by atoms with Crippen LogP contribution in [0.5, 0.6) is 5.88 Å². The number of amides is 1. The standard InChI is InChI=1S/C16H17N5O2/c1-11-14-15(21(20-11)12-6-4-3-5-7-12)18-10-19-16(14)23-9-8-13(22)17-2/h3-7,10H,8-9H2,1-2H3,(H,17,22). The van der Waals surface area contributed by atoms with Gasteiger partial charge >= 0.3 is 0 Å². The highest BCUT2D eigenvalue weighted by Gasteiger charge is 2.16. The van der Waals surface area contributed by atoms with Crippen LogP contribution in [0.4, 0.5) is 0 Å².